The van der Waals surface area contributed by atoms with Crippen LogP contribution in [0.25, 0.3) is 11.3 Å². The highest BCUT2D eigenvalue weighted by atomic mass is 16.5. The Hall–Kier alpha value is -2.03. The van der Waals surface area contributed by atoms with Gasteiger partial charge in [0.2, 0.25) is 5.69 Å². The fraction of sp³-hybridized carbons (Fsp3) is 0.154. The van der Waals surface area contributed by atoms with Gasteiger partial charge < -0.3 is 9.94 Å². The van der Waals surface area contributed by atoms with Gasteiger partial charge in [-0.1, -0.05) is 17.7 Å². The van der Waals surface area contributed by atoms with Crippen molar-refractivity contribution in [1.29, 1.82) is 0 Å². The van der Waals surface area contributed by atoms with E-state index in [4.69, 9.17) is 4.74 Å². The third-order valence-electron chi connectivity index (χ3n) is 2.47. The van der Waals surface area contributed by atoms with Crippen LogP contribution in [0.3, 0.4) is 0 Å². The zero-order chi connectivity index (χ0) is 11.5. The van der Waals surface area contributed by atoms with E-state index in [0.717, 1.165) is 10.3 Å². The molecule has 2 aromatic rings. The van der Waals surface area contributed by atoms with Crippen LogP contribution in [0.15, 0.2) is 42.6 Å². The second kappa shape index (κ2) is 4.23. The third kappa shape index (κ3) is 1.98. The summed E-state index contributed by atoms with van der Waals surface area (Å²) >= 11 is 0. The number of hydrogen-bond donors (Lipinski definition) is 0. The van der Waals surface area contributed by atoms with E-state index in [1.54, 1.807) is 19.2 Å². The molecule has 0 saturated heterocycles. The molecule has 0 unspecified atom stereocenters. The topological polar surface area (TPSA) is 36.2 Å². The van der Waals surface area contributed by atoms with E-state index in [9.17, 15) is 5.21 Å². The molecule has 1 heterocycles. The third-order valence-corrected chi connectivity index (χ3v) is 2.47. The largest absolute Gasteiger partial charge is 0.618 e. The molecule has 16 heavy (non-hydrogen) atoms. The molecule has 0 amide bonds. The summed E-state index contributed by atoms with van der Waals surface area (Å²) in [6, 6.07) is 11.2. The average Bonchev–Trinajstić information content (AvgIpc) is 2.31. The van der Waals surface area contributed by atoms with Gasteiger partial charge in [-0.25, -0.2) is 0 Å². The van der Waals surface area contributed by atoms with Crippen LogP contribution >= 0.6 is 0 Å². The molecule has 2 rings (SSSR count). The Kier molecular flexibility index (Phi) is 2.77. The lowest BCUT2D eigenvalue weighted by Crippen LogP contribution is -2.28. The zero-order valence-corrected chi connectivity index (χ0v) is 9.31. The monoisotopic (exact) mass is 215 g/mol. The number of methoxy groups -OCH3 is 1. The van der Waals surface area contributed by atoms with Gasteiger partial charge >= 0.3 is 0 Å². The molecule has 3 heteroatoms. The van der Waals surface area contributed by atoms with Crippen LogP contribution in [0, 0.1) is 12.1 Å². The van der Waals surface area contributed by atoms with Gasteiger partial charge in [0, 0.05) is 11.6 Å². The average molecular weight is 215 g/mol. The van der Waals surface area contributed by atoms with Crippen LogP contribution in [0.5, 0.6) is 5.75 Å². The summed E-state index contributed by atoms with van der Waals surface area (Å²) in [4.78, 5) is 0. The molecule has 0 aliphatic carbocycles. The maximum absolute atomic E-state index is 11.6. The van der Waals surface area contributed by atoms with E-state index in [1.807, 2.05) is 31.2 Å². The Morgan fingerprint density at radius 2 is 1.81 bits per heavy atom. The molecule has 0 bridgehead atoms. The number of nitrogens with zero attached hydrogens (tertiary/aromatic N) is 1. The molecule has 82 valence electrons. The van der Waals surface area contributed by atoms with Crippen molar-refractivity contribution in [3.05, 3.63) is 53.4 Å². The summed E-state index contributed by atoms with van der Waals surface area (Å²) in [6.07, 6.45) is 1.45. The smallest absolute Gasteiger partial charge is 0.227 e. The first-order valence-corrected chi connectivity index (χ1v) is 5.05. The van der Waals surface area contributed by atoms with Gasteiger partial charge in [-0.2, -0.15) is 4.73 Å². The zero-order valence-electron chi connectivity index (χ0n) is 9.31. The summed E-state index contributed by atoms with van der Waals surface area (Å²) < 4.78 is 5.94. The SMILES string of the molecule is COc1cc[n+]([O-])c(-c2ccc(C)cc2)c1. The Morgan fingerprint density at radius 1 is 1.12 bits per heavy atom. The highest BCUT2D eigenvalue weighted by molar-refractivity contribution is 5.58. The Bertz CT molecular complexity index is 492. The summed E-state index contributed by atoms with van der Waals surface area (Å²) in [7, 11) is 1.59. The van der Waals surface area contributed by atoms with E-state index >= 15 is 0 Å². The molecule has 1 aromatic heterocycles. The Balaban J connectivity index is 2.50. The molecule has 0 aliphatic rings. The fourth-order valence-corrected chi connectivity index (χ4v) is 1.53. The lowest BCUT2D eigenvalue weighted by Gasteiger charge is -2.06. The molecule has 0 spiro atoms. The van der Waals surface area contributed by atoms with Crippen molar-refractivity contribution in [2.45, 2.75) is 6.92 Å². The summed E-state index contributed by atoms with van der Waals surface area (Å²) in [5.74, 6) is 0.683. The summed E-state index contributed by atoms with van der Waals surface area (Å²) in [5, 5.41) is 11.6. The van der Waals surface area contributed by atoms with Crippen LogP contribution in [-0.4, -0.2) is 7.11 Å². The van der Waals surface area contributed by atoms with Gasteiger partial charge in [0.05, 0.1) is 13.2 Å². The van der Waals surface area contributed by atoms with E-state index in [0.29, 0.717) is 11.4 Å². The molecule has 0 saturated carbocycles. The molecule has 0 fully saturated rings. The minimum absolute atomic E-state index is 0.597. The molecular weight excluding hydrogens is 202 g/mol. The number of pyridine rings is 1. The van der Waals surface area contributed by atoms with E-state index in [2.05, 4.69) is 0 Å². The standard InChI is InChI=1S/C13H13NO2/c1-10-3-5-11(6-4-10)13-9-12(16-2)7-8-14(13)15/h3-9H,1-2H3. The predicted molar refractivity (Wildman–Crippen MR) is 62.1 cm³/mol. The van der Waals surface area contributed by atoms with Gasteiger partial charge in [0.25, 0.3) is 0 Å². The molecule has 0 N–H and O–H groups in total. The molecule has 1 aromatic carbocycles. The van der Waals surface area contributed by atoms with Crippen molar-refractivity contribution < 1.29 is 9.47 Å². The van der Waals surface area contributed by atoms with Crippen LogP contribution in [0.1, 0.15) is 5.56 Å². The highest BCUT2D eigenvalue weighted by Gasteiger charge is 2.09. The van der Waals surface area contributed by atoms with Crippen LogP contribution in [0.2, 0.25) is 0 Å². The second-order valence-electron chi connectivity index (χ2n) is 3.64. The number of aromatic nitrogens is 1. The van der Waals surface area contributed by atoms with E-state index in [-0.39, 0.29) is 0 Å². The maximum atomic E-state index is 11.6. The molecule has 0 radical (unpaired) electrons. The first-order chi connectivity index (χ1) is 7.70. The molecular formula is C13H13NO2. The number of hydrogen-bond acceptors (Lipinski definition) is 2. The quantitative estimate of drug-likeness (QED) is 0.569. The minimum atomic E-state index is 0.597. The summed E-state index contributed by atoms with van der Waals surface area (Å²) in [6.45, 7) is 2.01. The van der Waals surface area contributed by atoms with Crippen molar-refractivity contribution >= 4 is 0 Å². The van der Waals surface area contributed by atoms with Gasteiger partial charge in [-0.05, 0) is 19.1 Å². The van der Waals surface area contributed by atoms with Gasteiger partial charge in [0.1, 0.15) is 5.75 Å². The highest BCUT2D eigenvalue weighted by Crippen LogP contribution is 2.20. The number of rotatable bonds is 2. The molecule has 0 aliphatic heterocycles. The number of aryl methyl sites for hydroxylation is 1. The number of ether oxygens (including phenoxy) is 1. The van der Waals surface area contributed by atoms with Crippen LogP contribution in [0.4, 0.5) is 0 Å². The first-order valence-electron chi connectivity index (χ1n) is 5.05. The molecule has 3 nitrogen and oxygen atoms in total. The van der Waals surface area contributed by atoms with Crippen molar-refractivity contribution in [3.63, 3.8) is 0 Å². The Morgan fingerprint density at radius 3 is 2.44 bits per heavy atom. The Labute approximate surface area is 94.5 Å². The van der Waals surface area contributed by atoms with Crippen LogP contribution in [-0.2, 0) is 0 Å². The lowest BCUT2D eigenvalue weighted by atomic mass is 10.1. The van der Waals surface area contributed by atoms with Crippen molar-refractivity contribution in [1.82, 2.24) is 0 Å². The number of benzene rings is 1. The normalized spacial score (nSPS) is 10.1. The van der Waals surface area contributed by atoms with Gasteiger partial charge in [0.15, 0.2) is 6.20 Å². The van der Waals surface area contributed by atoms with Gasteiger partial charge in [-0.3, -0.25) is 0 Å². The van der Waals surface area contributed by atoms with Crippen molar-refractivity contribution in [2.75, 3.05) is 7.11 Å². The second-order valence-corrected chi connectivity index (χ2v) is 3.64. The van der Waals surface area contributed by atoms with Crippen molar-refractivity contribution in [2.24, 2.45) is 0 Å². The van der Waals surface area contributed by atoms with E-state index in [1.165, 1.54) is 11.8 Å². The predicted octanol–water partition coefficient (Wildman–Crippen LogP) is 2.30. The molecule has 0 atom stereocenters. The van der Waals surface area contributed by atoms with E-state index < -0.39 is 0 Å². The first kappa shape index (κ1) is 10.5. The summed E-state index contributed by atoms with van der Waals surface area (Å²) in [5.41, 5.74) is 2.66. The maximum Gasteiger partial charge on any atom is 0.227 e. The van der Waals surface area contributed by atoms with Crippen molar-refractivity contribution in [3.8, 4) is 17.0 Å². The van der Waals surface area contributed by atoms with Gasteiger partial charge in [-0.15, -0.1) is 0 Å². The minimum Gasteiger partial charge on any atom is -0.618 e. The fourth-order valence-electron chi connectivity index (χ4n) is 1.53. The lowest BCUT2D eigenvalue weighted by molar-refractivity contribution is -0.593. The van der Waals surface area contributed by atoms with Crippen LogP contribution < -0.4 is 9.47 Å².